The lowest BCUT2D eigenvalue weighted by Gasteiger charge is -1.88. The van der Waals surface area contributed by atoms with E-state index in [0.717, 1.165) is 0 Å². The maximum Gasteiger partial charge on any atom is 0.392 e. The summed E-state index contributed by atoms with van der Waals surface area (Å²) in [5, 5.41) is 0. The largest absolute Gasteiger partial charge is 0.457 e. The van der Waals surface area contributed by atoms with Gasteiger partial charge in [-0.05, 0) is 12.1 Å². The zero-order valence-electron chi connectivity index (χ0n) is 4.53. The molecule has 1 aromatic heterocycles. The fourth-order valence-electron chi connectivity index (χ4n) is 0.453. The summed E-state index contributed by atoms with van der Waals surface area (Å²) >= 11 is 0. The van der Waals surface area contributed by atoms with E-state index in [4.69, 9.17) is 0 Å². The van der Waals surface area contributed by atoms with Gasteiger partial charge in [-0.1, -0.05) is 0 Å². The van der Waals surface area contributed by atoms with E-state index in [9.17, 15) is 4.79 Å². The molecule has 1 rings (SSSR count). The highest BCUT2D eigenvalue weighted by molar-refractivity contribution is 5.85. The number of rotatable bonds is 1. The monoisotopic (exact) mass is 127 g/mol. The topological polar surface area (TPSA) is 65.5 Å². The first kappa shape index (κ1) is 5.84. The van der Waals surface area contributed by atoms with Crippen molar-refractivity contribution in [3.8, 4) is 0 Å². The fourth-order valence-corrected chi connectivity index (χ4v) is 0.453. The lowest BCUT2D eigenvalue weighted by atomic mass is 10.5. The van der Waals surface area contributed by atoms with Crippen LogP contribution in [0.25, 0.3) is 0 Å². The highest BCUT2D eigenvalue weighted by Crippen LogP contribution is 1.99. The van der Waals surface area contributed by atoms with Gasteiger partial charge in [-0.3, -0.25) is 0 Å². The van der Waals surface area contributed by atoms with Crippen LogP contribution in [0.5, 0.6) is 0 Å². The second-order valence-corrected chi connectivity index (χ2v) is 1.38. The molecule has 9 heavy (non-hydrogen) atoms. The van der Waals surface area contributed by atoms with Gasteiger partial charge in [-0.2, -0.15) is 5.90 Å². The first-order valence-corrected chi connectivity index (χ1v) is 2.29. The number of carbonyl (C=O) groups excluding carboxylic acids is 1. The smallest absolute Gasteiger partial charge is 0.392 e. The molecule has 0 saturated heterocycles. The van der Waals surface area contributed by atoms with Crippen molar-refractivity contribution in [1.29, 1.82) is 0 Å². The zero-order valence-corrected chi connectivity index (χ0v) is 4.53. The van der Waals surface area contributed by atoms with Crippen molar-refractivity contribution in [3.63, 3.8) is 0 Å². The van der Waals surface area contributed by atoms with Crippen molar-refractivity contribution in [2.75, 3.05) is 0 Å². The zero-order chi connectivity index (χ0) is 6.69. The fraction of sp³-hybridized carbons (Fsp3) is 0. The van der Waals surface area contributed by atoms with Crippen molar-refractivity contribution in [2.24, 2.45) is 5.90 Å². The molecule has 0 amide bonds. The van der Waals surface area contributed by atoms with Gasteiger partial charge < -0.3 is 9.25 Å². The summed E-state index contributed by atoms with van der Waals surface area (Å²) in [6, 6.07) is 3.04. The molecular weight excluding hydrogens is 122 g/mol. The highest BCUT2D eigenvalue weighted by atomic mass is 16.7. The summed E-state index contributed by atoms with van der Waals surface area (Å²) in [6.45, 7) is 0. The molecule has 48 valence electrons. The highest BCUT2D eigenvalue weighted by Gasteiger charge is 2.06. The van der Waals surface area contributed by atoms with E-state index in [1.807, 2.05) is 0 Å². The quantitative estimate of drug-likeness (QED) is 0.551. The first-order valence-electron chi connectivity index (χ1n) is 2.29. The Morgan fingerprint density at radius 3 is 3.00 bits per heavy atom. The molecular formula is C5H5NO3. The molecule has 4 heteroatoms. The van der Waals surface area contributed by atoms with Crippen LogP contribution in [-0.2, 0) is 4.84 Å². The van der Waals surface area contributed by atoms with Gasteiger partial charge in [0.2, 0.25) is 5.76 Å². The molecule has 0 saturated carbocycles. The number of furan rings is 1. The predicted molar refractivity (Wildman–Crippen MR) is 28.3 cm³/mol. The molecule has 0 fully saturated rings. The lowest BCUT2D eigenvalue weighted by Crippen LogP contribution is -2.08. The van der Waals surface area contributed by atoms with Gasteiger partial charge in [0.25, 0.3) is 0 Å². The van der Waals surface area contributed by atoms with Gasteiger partial charge in [-0.25, -0.2) is 4.79 Å². The Hall–Kier alpha value is -1.29. The summed E-state index contributed by atoms with van der Waals surface area (Å²) in [7, 11) is 0. The Labute approximate surface area is 51.2 Å². The van der Waals surface area contributed by atoms with Crippen molar-refractivity contribution in [3.05, 3.63) is 24.2 Å². The number of hydrogen-bond acceptors (Lipinski definition) is 4. The third-order valence-corrected chi connectivity index (χ3v) is 0.829. The van der Waals surface area contributed by atoms with Crippen LogP contribution >= 0.6 is 0 Å². The van der Waals surface area contributed by atoms with Gasteiger partial charge in [-0.15, -0.1) is 0 Å². The van der Waals surface area contributed by atoms with Gasteiger partial charge >= 0.3 is 5.97 Å². The summed E-state index contributed by atoms with van der Waals surface area (Å²) in [4.78, 5) is 14.3. The Morgan fingerprint density at radius 2 is 2.56 bits per heavy atom. The summed E-state index contributed by atoms with van der Waals surface area (Å²) in [5.74, 6) is 4.00. The molecule has 0 spiro atoms. The van der Waals surface area contributed by atoms with Crippen LogP contribution in [0.2, 0.25) is 0 Å². The molecule has 0 radical (unpaired) electrons. The standard InChI is InChI=1S/C5H5NO3/c6-9-5(7)4-2-1-3-8-4/h1-3H,6H2. The summed E-state index contributed by atoms with van der Waals surface area (Å²) < 4.78 is 4.63. The summed E-state index contributed by atoms with van der Waals surface area (Å²) in [5.41, 5.74) is 0. The maximum absolute atomic E-state index is 10.4. The maximum atomic E-state index is 10.4. The van der Waals surface area contributed by atoms with E-state index < -0.39 is 5.97 Å². The van der Waals surface area contributed by atoms with Crippen molar-refractivity contribution >= 4 is 5.97 Å². The van der Waals surface area contributed by atoms with Crippen LogP contribution in [0.15, 0.2) is 22.8 Å². The minimum Gasteiger partial charge on any atom is -0.457 e. The minimum absolute atomic E-state index is 0.109. The third kappa shape index (κ3) is 1.09. The van der Waals surface area contributed by atoms with Crippen LogP contribution in [-0.4, -0.2) is 5.97 Å². The molecule has 0 unspecified atom stereocenters. The van der Waals surface area contributed by atoms with Crippen molar-refractivity contribution in [2.45, 2.75) is 0 Å². The normalized spacial score (nSPS) is 9.00. The average Bonchev–Trinajstić information content (AvgIpc) is 2.37. The number of nitrogens with two attached hydrogens (primary N) is 1. The second-order valence-electron chi connectivity index (χ2n) is 1.38. The van der Waals surface area contributed by atoms with E-state index in [1.54, 1.807) is 6.07 Å². The van der Waals surface area contributed by atoms with E-state index in [1.165, 1.54) is 12.3 Å². The van der Waals surface area contributed by atoms with Crippen molar-refractivity contribution in [1.82, 2.24) is 0 Å². The SMILES string of the molecule is NOC(=O)c1ccco1. The average molecular weight is 127 g/mol. The molecule has 4 nitrogen and oxygen atoms in total. The summed E-state index contributed by atoms with van der Waals surface area (Å²) in [6.07, 6.45) is 1.37. The predicted octanol–water partition coefficient (Wildman–Crippen LogP) is 0.310. The van der Waals surface area contributed by atoms with Gasteiger partial charge in [0.15, 0.2) is 0 Å². The Balaban J connectivity index is 2.77. The minimum atomic E-state index is -0.667. The van der Waals surface area contributed by atoms with Gasteiger partial charge in [0, 0.05) is 0 Å². The molecule has 2 N–H and O–H groups in total. The number of hydrogen-bond donors (Lipinski definition) is 1. The Kier molecular flexibility index (Phi) is 1.51. The van der Waals surface area contributed by atoms with Crippen LogP contribution in [0.3, 0.4) is 0 Å². The van der Waals surface area contributed by atoms with Crippen LogP contribution in [0.4, 0.5) is 0 Å². The van der Waals surface area contributed by atoms with E-state index >= 15 is 0 Å². The first-order chi connectivity index (χ1) is 4.34. The van der Waals surface area contributed by atoms with Crippen molar-refractivity contribution < 1.29 is 14.0 Å². The number of carbonyl (C=O) groups is 1. The molecule has 0 aliphatic carbocycles. The van der Waals surface area contributed by atoms with E-state index in [2.05, 4.69) is 15.2 Å². The van der Waals surface area contributed by atoms with Crippen LogP contribution < -0.4 is 5.90 Å². The molecule has 0 aliphatic rings. The van der Waals surface area contributed by atoms with E-state index in [0.29, 0.717) is 0 Å². The molecule has 1 heterocycles. The molecule has 0 aromatic carbocycles. The Morgan fingerprint density at radius 1 is 1.78 bits per heavy atom. The van der Waals surface area contributed by atoms with Crippen LogP contribution in [0, 0.1) is 0 Å². The molecule has 1 aromatic rings. The molecule has 0 bridgehead atoms. The van der Waals surface area contributed by atoms with Gasteiger partial charge in [0.05, 0.1) is 6.26 Å². The van der Waals surface area contributed by atoms with Crippen LogP contribution in [0.1, 0.15) is 10.6 Å². The van der Waals surface area contributed by atoms with E-state index in [-0.39, 0.29) is 5.76 Å². The third-order valence-electron chi connectivity index (χ3n) is 0.829. The lowest BCUT2D eigenvalue weighted by molar-refractivity contribution is 0.0467. The molecule has 0 atom stereocenters. The van der Waals surface area contributed by atoms with Gasteiger partial charge in [0.1, 0.15) is 0 Å². The second kappa shape index (κ2) is 2.32. The molecule has 0 aliphatic heterocycles. The Bertz CT molecular complexity index is 192.